The van der Waals surface area contributed by atoms with Crippen molar-refractivity contribution in [3.63, 3.8) is 0 Å². The Morgan fingerprint density at radius 2 is 2.00 bits per heavy atom. The normalized spacial score (nSPS) is 12.6. The molecule has 0 spiro atoms. The summed E-state index contributed by atoms with van der Waals surface area (Å²) in [5.41, 5.74) is 4.12. The Morgan fingerprint density at radius 3 is 2.65 bits per heavy atom. The zero-order valence-electron chi connectivity index (χ0n) is 12.8. The highest BCUT2D eigenvalue weighted by Crippen LogP contribution is 2.13. The summed E-state index contributed by atoms with van der Waals surface area (Å²) < 4.78 is 1.99. The van der Waals surface area contributed by atoms with E-state index in [9.17, 15) is 0 Å². The highest BCUT2D eigenvalue weighted by molar-refractivity contribution is 5.26. The molecule has 0 aliphatic carbocycles. The van der Waals surface area contributed by atoms with Crippen LogP contribution in [0.4, 0.5) is 0 Å². The Balaban J connectivity index is 2.05. The predicted molar refractivity (Wildman–Crippen MR) is 84.0 cm³/mol. The Kier molecular flexibility index (Phi) is 5.36. The van der Waals surface area contributed by atoms with Gasteiger partial charge in [0, 0.05) is 18.8 Å². The first-order chi connectivity index (χ1) is 9.72. The maximum Gasteiger partial charge on any atom is 0.0522 e. The molecule has 1 aromatic heterocycles. The fourth-order valence-corrected chi connectivity index (χ4v) is 2.58. The lowest BCUT2D eigenvalue weighted by Crippen LogP contribution is -2.33. The van der Waals surface area contributed by atoms with Gasteiger partial charge in [-0.1, -0.05) is 31.2 Å². The number of aromatic nitrogens is 2. The van der Waals surface area contributed by atoms with Gasteiger partial charge in [-0.2, -0.15) is 5.10 Å². The SMILES string of the molecule is CCNC(Cc1cnn(CC)c1)Cc1ccccc1C. The molecule has 0 bridgehead atoms. The smallest absolute Gasteiger partial charge is 0.0522 e. The molecule has 1 atom stereocenters. The molecule has 108 valence electrons. The van der Waals surface area contributed by atoms with Crippen LogP contribution in [0.25, 0.3) is 0 Å². The maximum atomic E-state index is 4.36. The molecule has 2 rings (SSSR count). The second-order valence-corrected chi connectivity index (χ2v) is 5.29. The summed E-state index contributed by atoms with van der Waals surface area (Å²) in [4.78, 5) is 0. The van der Waals surface area contributed by atoms with Gasteiger partial charge in [0.15, 0.2) is 0 Å². The van der Waals surface area contributed by atoms with Gasteiger partial charge in [-0.25, -0.2) is 0 Å². The first kappa shape index (κ1) is 14.8. The van der Waals surface area contributed by atoms with Crippen LogP contribution in [0.2, 0.25) is 0 Å². The molecule has 1 N–H and O–H groups in total. The molecule has 1 unspecified atom stereocenters. The number of nitrogens with one attached hydrogen (secondary N) is 1. The highest BCUT2D eigenvalue weighted by atomic mass is 15.3. The summed E-state index contributed by atoms with van der Waals surface area (Å²) in [5.74, 6) is 0. The molecule has 0 saturated heterocycles. The van der Waals surface area contributed by atoms with Gasteiger partial charge < -0.3 is 5.32 Å². The van der Waals surface area contributed by atoms with E-state index in [0.717, 1.165) is 25.9 Å². The van der Waals surface area contributed by atoms with Crippen molar-refractivity contribution in [3.05, 3.63) is 53.3 Å². The van der Waals surface area contributed by atoms with E-state index in [1.54, 1.807) is 0 Å². The van der Waals surface area contributed by atoms with Crippen LogP contribution in [0.15, 0.2) is 36.7 Å². The van der Waals surface area contributed by atoms with Gasteiger partial charge in [0.2, 0.25) is 0 Å². The largest absolute Gasteiger partial charge is 0.314 e. The molecule has 2 aromatic rings. The van der Waals surface area contributed by atoms with Gasteiger partial charge in [0.05, 0.1) is 6.20 Å². The summed E-state index contributed by atoms with van der Waals surface area (Å²) >= 11 is 0. The second-order valence-electron chi connectivity index (χ2n) is 5.29. The van der Waals surface area contributed by atoms with Crippen LogP contribution >= 0.6 is 0 Å². The zero-order valence-corrected chi connectivity index (χ0v) is 12.8. The lowest BCUT2D eigenvalue weighted by molar-refractivity contribution is 0.520. The topological polar surface area (TPSA) is 29.9 Å². The van der Waals surface area contributed by atoms with Crippen LogP contribution < -0.4 is 5.32 Å². The van der Waals surface area contributed by atoms with Crippen molar-refractivity contribution in [3.8, 4) is 0 Å². The van der Waals surface area contributed by atoms with Crippen molar-refractivity contribution >= 4 is 0 Å². The van der Waals surface area contributed by atoms with E-state index in [1.807, 2.05) is 10.9 Å². The minimum Gasteiger partial charge on any atom is -0.314 e. The highest BCUT2D eigenvalue weighted by Gasteiger charge is 2.12. The number of rotatable bonds is 7. The first-order valence-electron chi connectivity index (χ1n) is 7.52. The number of hydrogen-bond donors (Lipinski definition) is 1. The monoisotopic (exact) mass is 271 g/mol. The summed E-state index contributed by atoms with van der Waals surface area (Å²) in [5, 5.41) is 7.96. The Hall–Kier alpha value is -1.61. The van der Waals surface area contributed by atoms with Crippen LogP contribution in [0.5, 0.6) is 0 Å². The van der Waals surface area contributed by atoms with E-state index in [2.05, 4.69) is 61.6 Å². The quantitative estimate of drug-likeness (QED) is 0.839. The third-order valence-electron chi connectivity index (χ3n) is 3.71. The third kappa shape index (κ3) is 3.94. The lowest BCUT2D eigenvalue weighted by Gasteiger charge is -2.18. The minimum atomic E-state index is 0.468. The van der Waals surface area contributed by atoms with E-state index in [0.29, 0.717) is 6.04 Å². The molecule has 1 heterocycles. The van der Waals surface area contributed by atoms with E-state index in [4.69, 9.17) is 0 Å². The van der Waals surface area contributed by atoms with Crippen molar-refractivity contribution in [1.82, 2.24) is 15.1 Å². The van der Waals surface area contributed by atoms with Crippen LogP contribution in [-0.2, 0) is 19.4 Å². The van der Waals surface area contributed by atoms with E-state index >= 15 is 0 Å². The third-order valence-corrected chi connectivity index (χ3v) is 3.71. The standard InChI is InChI=1S/C17H25N3/c1-4-18-17(10-15-12-19-20(5-2)13-15)11-16-9-7-6-8-14(16)3/h6-9,12-13,17-18H,4-5,10-11H2,1-3H3. The van der Waals surface area contributed by atoms with Crippen LogP contribution in [0.1, 0.15) is 30.5 Å². The van der Waals surface area contributed by atoms with Gasteiger partial charge in [0.1, 0.15) is 0 Å². The molecular weight excluding hydrogens is 246 g/mol. The fraction of sp³-hybridized carbons (Fsp3) is 0.471. The van der Waals surface area contributed by atoms with Crippen LogP contribution in [0.3, 0.4) is 0 Å². The fourth-order valence-electron chi connectivity index (χ4n) is 2.58. The molecule has 0 aliphatic rings. The average molecular weight is 271 g/mol. The summed E-state index contributed by atoms with van der Waals surface area (Å²) in [6.45, 7) is 8.40. The van der Waals surface area contributed by atoms with Crippen molar-refractivity contribution in [2.75, 3.05) is 6.54 Å². The summed E-state index contributed by atoms with van der Waals surface area (Å²) in [7, 11) is 0. The molecule has 20 heavy (non-hydrogen) atoms. The average Bonchev–Trinajstić information content (AvgIpc) is 2.89. The molecule has 0 aliphatic heterocycles. The first-order valence-corrected chi connectivity index (χ1v) is 7.52. The van der Waals surface area contributed by atoms with Crippen LogP contribution in [0, 0.1) is 6.92 Å². The second kappa shape index (κ2) is 7.25. The predicted octanol–water partition coefficient (Wildman–Crippen LogP) is 2.97. The maximum absolute atomic E-state index is 4.36. The van der Waals surface area contributed by atoms with Gasteiger partial charge in [-0.05, 0) is 49.9 Å². The van der Waals surface area contributed by atoms with Gasteiger partial charge in [-0.15, -0.1) is 0 Å². The van der Waals surface area contributed by atoms with Crippen LogP contribution in [-0.4, -0.2) is 22.4 Å². The summed E-state index contributed by atoms with van der Waals surface area (Å²) in [6, 6.07) is 9.12. The Bertz CT molecular complexity index is 531. The molecule has 3 heteroatoms. The number of likely N-dealkylation sites (N-methyl/N-ethyl adjacent to an activating group) is 1. The molecule has 3 nitrogen and oxygen atoms in total. The van der Waals surface area contributed by atoms with Crippen molar-refractivity contribution in [1.29, 1.82) is 0 Å². The zero-order chi connectivity index (χ0) is 14.4. The Labute approximate surface area is 122 Å². The molecule has 0 fully saturated rings. The number of aryl methyl sites for hydroxylation is 2. The van der Waals surface area contributed by atoms with Crippen molar-refractivity contribution in [2.24, 2.45) is 0 Å². The number of nitrogens with zero attached hydrogens (tertiary/aromatic N) is 2. The van der Waals surface area contributed by atoms with Gasteiger partial charge in [-0.3, -0.25) is 4.68 Å². The minimum absolute atomic E-state index is 0.468. The van der Waals surface area contributed by atoms with E-state index in [-0.39, 0.29) is 0 Å². The molecule has 0 amide bonds. The Morgan fingerprint density at radius 1 is 1.20 bits per heavy atom. The molecular formula is C17H25N3. The summed E-state index contributed by atoms with van der Waals surface area (Å²) in [6.07, 6.45) is 6.24. The van der Waals surface area contributed by atoms with Crippen molar-refractivity contribution < 1.29 is 0 Å². The van der Waals surface area contributed by atoms with E-state index < -0.39 is 0 Å². The van der Waals surface area contributed by atoms with Gasteiger partial charge >= 0.3 is 0 Å². The lowest BCUT2D eigenvalue weighted by atomic mass is 9.97. The van der Waals surface area contributed by atoms with E-state index in [1.165, 1.54) is 16.7 Å². The molecule has 0 radical (unpaired) electrons. The van der Waals surface area contributed by atoms with Crippen molar-refractivity contribution in [2.45, 2.75) is 46.2 Å². The molecule has 1 aromatic carbocycles. The number of hydrogen-bond acceptors (Lipinski definition) is 2. The molecule has 0 saturated carbocycles. The van der Waals surface area contributed by atoms with Gasteiger partial charge in [0.25, 0.3) is 0 Å². The number of benzene rings is 1.